The molecule has 2 bridgehead atoms. The SMILES string of the molecule is C=CC(=O)CC.CC12CCC(CC1)C(C)(C)O2. The van der Waals surface area contributed by atoms with E-state index in [4.69, 9.17) is 4.74 Å². The zero-order valence-corrected chi connectivity index (χ0v) is 11.7. The summed E-state index contributed by atoms with van der Waals surface area (Å²) in [5.74, 6) is 0.930. The van der Waals surface area contributed by atoms with Gasteiger partial charge in [0.25, 0.3) is 0 Å². The zero-order chi connectivity index (χ0) is 13.1. The van der Waals surface area contributed by atoms with E-state index in [-0.39, 0.29) is 17.0 Å². The van der Waals surface area contributed by atoms with Gasteiger partial charge in [0.2, 0.25) is 0 Å². The van der Waals surface area contributed by atoms with Crippen LogP contribution in [-0.4, -0.2) is 17.0 Å². The molecular weight excluding hydrogens is 212 g/mol. The number of hydrogen-bond acceptors (Lipinski definition) is 2. The van der Waals surface area contributed by atoms with Crippen molar-refractivity contribution in [3.63, 3.8) is 0 Å². The summed E-state index contributed by atoms with van der Waals surface area (Å²) in [6, 6.07) is 0. The Morgan fingerprint density at radius 2 is 1.88 bits per heavy atom. The van der Waals surface area contributed by atoms with E-state index in [1.165, 1.54) is 31.8 Å². The smallest absolute Gasteiger partial charge is 0.154 e. The van der Waals surface area contributed by atoms with Gasteiger partial charge in [0, 0.05) is 6.42 Å². The van der Waals surface area contributed by atoms with Crippen molar-refractivity contribution in [1.29, 1.82) is 0 Å². The molecule has 0 aromatic rings. The van der Waals surface area contributed by atoms with Gasteiger partial charge in [-0.15, -0.1) is 0 Å². The lowest BCUT2D eigenvalue weighted by Gasteiger charge is -2.54. The van der Waals surface area contributed by atoms with Crippen LogP contribution in [0.3, 0.4) is 0 Å². The van der Waals surface area contributed by atoms with E-state index in [0.717, 1.165) is 5.92 Å². The molecule has 3 fully saturated rings. The Labute approximate surface area is 105 Å². The Hall–Kier alpha value is -0.630. The number of ether oxygens (including phenoxy) is 1. The molecule has 2 heterocycles. The third kappa shape index (κ3) is 3.67. The summed E-state index contributed by atoms with van der Waals surface area (Å²) in [5, 5.41) is 0. The average Bonchev–Trinajstić information content (AvgIpc) is 2.27. The molecule has 0 aromatic heterocycles. The number of fused-ring (bicyclic) bond motifs is 3. The molecule has 1 aliphatic carbocycles. The first-order valence-electron chi connectivity index (χ1n) is 6.68. The van der Waals surface area contributed by atoms with Gasteiger partial charge in [-0.1, -0.05) is 13.5 Å². The topological polar surface area (TPSA) is 26.3 Å². The fourth-order valence-corrected chi connectivity index (χ4v) is 2.89. The highest BCUT2D eigenvalue weighted by Crippen LogP contribution is 2.49. The molecule has 0 unspecified atom stereocenters. The van der Waals surface area contributed by atoms with Crippen molar-refractivity contribution in [3.8, 4) is 0 Å². The van der Waals surface area contributed by atoms with E-state index in [1.807, 2.05) is 6.92 Å². The standard InChI is InChI=1S/C10H18O.C5H8O/c1-9(2)8-4-6-10(3,11-9)7-5-8;1-3-5(6)4-2/h8H,4-7H2,1-3H3;3H,1,4H2,2H3. The number of carbonyl (C=O) groups is 1. The van der Waals surface area contributed by atoms with Crippen molar-refractivity contribution in [2.75, 3.05) is 0 Å². The van der Waals surface area contributed by atoms with Crippen LogP contribution in [0.1, 0.15) is 59.8 Å². The van der Waals surface area contributed by atoms with Crippen LogP contribution >= 0.6 is 0 Å². The van der Waals surface area contributed by atoms with Crippen molar-refractivity contribution < 1.29 is 9.53 Å². The molecule has 0 amide bonds. The summed E-state index contributed by atoms with van der Waals surface area (Å²) < 4.78 is 6.06. The Kier molecular flexibility index (Phi) is 4.54. The molecule has 0 aromatic carbocycles. The summed E-state index contributed by atoms with van der Waals surface area (Å²) in [4.78, 5) is 10.1. The van der Waals surface area contributed by atoms with Gasteiger partial charge in [0.05, 0.1) is 11.2 Å². The lowest BCUT2D eigenvalue weighted by Crippen LogP contribution is -2.53. The highest BCUT2D eigenvalue weighted by Gasteiger charge is 2.47. The molecule has 3 rings (SSSR count). The molecule has 0 spiro atoms. The van der Waals surface area contributed by atoms with E-state index < -0.39 is 0 Å². The van der Waals surface area contributed by atoms with Crippen LogP contribution in [0.5, 0.6) is 0 Å². The highest BCUT2D eigenvalue weighted by atomic mass is 16.5. The summed E-state index contributed by atoms with van der Waals surface area (Å²) in [7, 11) is 0. The Morgan fingerprint density at radius 3 is 2.06 bits per heavy atom. The highest BCUT2D eigenvalue weighted by molar-refractivity contribution is 5.88. The van der Waals surface area contributed by atoms with Gasteiger partial charge in [0.15, 0.2) is 5.78 Å². The van der Waals surface area contributed by atoms with Crippen molar-refractivity contribution in [2.24, 2.45) is 5.92 Å². The Bertz CT molecular complexity index is 281. The number of carbonyl (C=O) groups excluding carboxylic acids is 1. The molecule has 2 aliphatic heterocycles. The largest absolute Gasteiger partial charge is 0.369 e. The number of ketones is 1. The van der Waals surface area contributed by atoms with Crippen molar-refractivity contribution in [1.82, 2.24) is 0 Å². The Morgan fingerprint density at radius 1 is 1.35 bits per heavy atom. The summed E-state index contributed by atoms with van der Waals surface area (Å²) in [5.41, 5.74) is 0.378. The molecule has 0 atom stereocenters. The number of hydrogen-bond donors (Lipinski definition) is 0. The molecule has 2 nitrogen and oxygen atoms in total. The first-order valence-corrected chi connectivity index (χ1v) is 6.68. The van der Waals surface area contributed by atoms with Crippen molar-refractivity contribution in [3.05, 3.63) is 12.7 Å². The molecule has 98 valence electrons. The number of allylic oxidation sites excluding steroid dienone is 1. The fraction of sp³-hybridized carbons (Fsp3) is 0.800. The fourth-order valence-electron chi connectivity index (χ4n) is 2.89. The van der Waals surface area contributed by atoms with E-state index in [9.17, 15) is 4.79 Å². The van der Waals surface area contributed by atoms with E-state index in [0.29, 0.717) is 6.42 Å². The second-order valence-electron chi connectivity index (χ2n) is 5.95. The monoisotopic (exact) mass is 238 g/mol. The third-order valence-corrected chi connectivity index (χ3v) is 4.11. The zero-order valence-electron chi connectivity index (χ0n) is 11.7. The molecular formula is C15H26O2. The van der Waals surface area contributed by atoms with Crippen LogP contribution in [0.25, 0.3) is 0 Å². The van der Waals surface area contributed by atoms with Gasteiger partial charge in [0.1, 0.15) is 0 Å². The predicted octanol–water partition coefficient (Wildman–Crippen LogP) is 3.90. The Balaban J connectivity index is 0.000000209. The first-order chi connectivity index (χ1) is 7.83. The third-order valence-electron chi connectivity index (χ3n) is 4.11. The molecule has 3 aliphatic rings. The van der Waals surface area contributed by atoms with Crippen LogP contribution in [0.2, 0.25) is 0 Å². The van der Waals surface area contributed by atoms with E-state index in [1.54, 1.807) is 0 Å². The molecule has 17 heavy (non-hydrogen) atoms. The van der Waals surface area contributed by atoms with Gasteiger partial charge in [-0.05, 0) is 58.4 Å². The minimum atomic E-state index is 0.106. The van der Waals surface area contributed by atoms with Crippen LogP contribution < -0.4 is 0 Å². The maximum atomic E-state index is 10.1. The average molecular weight is 238 g/mol. The summed E-state index contributed by atoms with van der Waals surface area (Å²) >= 11 is 0. The van der Waals surface area contributed by atoms with Crippen LogP contribution in [0.15, 0.2) is 12.7 Å². The van der Waals surface area contributed by atoms with E-state index in [2.05, 4.69) is 27.4 Å². The molecule has 0 N–H and O–H groups in total. The summed E-state index contributed by atoms with van der Waals surface area (Å²) in [6.45, 7) is 11.8. The minimum Gasteiger partial charge on any atom is -0.369 e. The van der Waals surface area contributed by atoms with Crippen molar-refractivity contribution >= 4 is 5.78 Å². The first kappa shape index (κ1) is 14.4. The van der Waals surface area contributed by atoms with Gasteiger partial charge in [-0.25, -0.2) is 0 Å². The van der Waals surface area contributed by atoms with Gasteiger partial charge in [-0.3, -0.25) is 4.79 Å². The van der Waals surface area contributed by atoms with E-state index >= 15 is 0 Å². The van der Waals surface area contributed by atoms with Gasteiger partial charge in [-0.2, -0.15) is 0 Å². The van der Waals surface area contributed by atoms with Crippen LogP contribution in [0.4, 0.5) is 0 Å². The quantitative estimate of drug-likeness (QED) is 0.682. The van der Waals surface area contributed by atoms with Gasteiger partial charge < -0.3 is 4.74 Å². The molecule has 1 saturated carbocycles. The normalized spacial score (nSPS) is 33.5. The van der Waals surface area contributed by atoms with Crippen molar-refractivity contribution in [2.45, 2.75) is 71.0 Å². The number of rotatable bonds is 2. The second kappa shape index (κ2) is 5.34. The second-order valence-corrected chi connectivity index (χ2v) is 5.95. The lowest BCUT2D eigenvalue weighted by atomic mass is 9.69. The molecule has 2 saturated heterocycles. The lowest BCUT2D eigenvalue weighted by molar-refractivity contribution is -0.229. The van der Waals surface area contributed by atoms with Crippen LogP contribution in [-0.2, 0) is 9.53 Å². The maximum absolute atomic E-state index is 10.1. The molecule has 2 heteroatoms. The maximum Gasteiger partial charge on any atom is 0.154 e. The minimum absolute atomic E-state index is 0.106. The summed E-state index contributed by atoms with van der Waals surface area (Å²) in [6.07, 6.45) is 7.22. The van der Waals surface area contributed by atoms with Crippen LogP contribution in [0, 0.1) is 5.92 Å². The molecule has 0 radical (unpaired) electrons. The predicted molar refractivity (Wildman–Crippen MR) is 71.0 cm³/mol. The van der Waals surface area contributed by atoms with Gasteiger partial charge >= 0.3 is 0 Å².